The largest absolute Gasteiger partial charge is 0.493 e. The second-order valence-electron chi connectivity index (χ2n) is 6.81. The number of hydrogen-bond acceptors (Lipinski definition) is 4. The lowest BCUT2D eigenvalue weighted by Gasteiger charge is -2.28. The lowest BCUT2D eigenvalue weighted by atomic mass is 10.00. The number of hydrogen-bond donors (Lipinski definition) is 1. The van der Waals surface area contributed by atoms with Gasteiger partial charge in [0.25, 0.3) is 0 Å². The Hall–Kier alpha value is -2.04. The van der Waals surface area contributed by atoms with Crippen LogP contribution in [0.25, 0.3) is 0 Å². The lowest BCUT2D eigenvalue weighted by molar-refractivity contribution is 0.253. The number of rotatable bonds is 9. The minimum absolute atomic E-state index is 0.712. The molecule has 1 heterocycles. The first-order chi connectivity index (χ1) is 12.8. The van der Waals surface area contributed by atoms with Crippen molar-refractivity contribution in [1.29, 1.82) is 0 Å². The van der Waals surface area contributed by atoms with E-state index in [9.17, 15) is 0 Å². The van der Waals surface area contributed by atoms with Gasteiger partial charge in [0.05, 0.1) is 13.7 Å². The Labute approximate surface area is 157 Å². The van der Waals surface area contributed by atoms with Crippen molar-refractivity contribution in [2.45, 2.75) is 32.9 Å². The molecule has 4 nitrogen and oxygen atoms in total. The second-order valence-corrected chi connectivity index (χ2v) is 6.81. The van der Waals surface area contributed by atoms with Crippen molar-refractivity contribution in [3.63, 3.8) is 0 Å². The van der Waals surface area contributed by atoms with Crippen LogP contribution in [0.2, 0.25) is 0 Å². The molecule has 1 aliphatic heterocycles. The summed E-state index contributed by atoms with van der Waals surface area (Å²) < 4.78 is 11.2. The molecule has 0 aromatic heterocycles. The van der Waals surface area contributed by atoms with Crippen molar-refractivity contribution in [2.75, 3.05) is 33.4 Å². The molecule has 0 saturated carbocycles. The van der Waals surface area contributed by atoms with Crippen LogP contribution < -0.4 is 14.8 Å². The Morgan fingerprint density at radius 1 is 1.08 bits per heavy atom. The molecule has 0 saturated heterocycles. The van der Waals surface area contributed by atoms with E-state index in [1.54, 1.807) is 7.11 Å². The maximum Gasteiger partial charge on any atom is 0.161 e. The van der Waals surface area contributed by atoms with Crippen molar-refractivity contribution in [3.8, 4) is 11.5 Å². The Kier molecular flexibility index (Phi) is 6.92. The average molecular weight is 354 g/mol. The summed E-state index contributed by atoms with van der Waals surface area (Å²) in [4.78, 5) is 2.53. The van der Waals surface area contributed by atoms with Crippen molar-refractivity contribution >= 4 is 0 Å². The SMILES string of the molecule is CCCOc1cc(CNCCN2CCc3ccccc3C2)ccc1OC. The van der Waals surface area contributed by atoms with Gasteiger partial charge in [-0.05, 0) is 41.7 Å². The van der Waals surface area contributed by atoms with Gasteiger partial charge in [-0.2, -0.15) is 0 Å². The minimum Gasteiger partial charge on any atom is -0.493 e. The van der Waals surface area contributed by atoms with Gasteiger partial charge in [0.2, 0.25) is 0 Å². The zero-order chi connectivity index (χ0) is 18.2. The highest BCUT2D eigenvalue weighted by molar-refractivity contribution is 5.43. The normalized spacial score (nSPS) is 14.1. The summed E-state index contributed by atoms with van der Waals surface area (Å²) in [5.41, 5.74) is 4.21. The molecule has 2 aromatic carbocycles. The quantitative estimate of drug-likeness (QED) is 0.697. The molecule has 1 N–H and O–H groups in total. The van der Waals surface area contributed by atoms with Gasteiger partial charge in [-0.3, -0.25) is 4.90 Å². The molecular weight excluding hydrogens is 324 g/mol. The summed E-state index contributed by atoms with van der Waals surface area (Å²) in [5, 5.41) is 3.56. The van der Waals surface area contributed by atoms with Crippen LogP contribution in [-0.4, -0.2) is 38.3 Å². The topological polar surface area (TPSA) is 33.7 Å². The summed E-state index contributed by atoms with van der Waals surface area (Å²) in [6, 6.07) is 15.0. The number of nitrogens with one attached hydrogen (secondary N) is 1. The Morgan fingerprint density at radius 3 is 2.73 bits per heavy atom. The second kappa shape index (κ2) is 9.60. The highest BCUT2D eigenvalue weighted by Crippen LogP contribution is 2.28. The molecule has 2 aromatic rings. The summed E-state index contributed by atoms with van der Waals surface area (Å²) in [7, 11) is 1.68. The van der Waals surface area contributed by atoms with Gasteiger partial charge in [0.15, 0.2) is 11.5 Å². The molecule has 0 atom stereocenters. The average Bonchev–Trinajstić information content (AvgIpc) is 2.69. The fraction of sp³-hybridized carbons (Fsp3) is 0.455. The summed E-state index contributed by atoms with van der Waals surface area (Å²) >= 11 is 0. The summed E-state index contributed by atoms with van der Waals surface area (Å²) in [5.74, 6) is 1.63. The van der Waals surface area contributed by atoms with E-state index >= 15 is 0 Å². The molecule has 0 fully saturated rings. The number of benzene rings is 2. The molecular formula is C22H30N2O2. The van der Waals surface area contributed by atoms with E-state index in [4.69, 9.17) is 9.47 Å². The fourth-order valence-electron chi connectivity index (χ4n) is 3.37. The highest BCUT2D eigenvalue weighted by Gasteiger charge is 2.14. The molecule has 140 valence electrons. The lowest BCUT2D eigenvalue weighted by Crippen LogP contribution is -2.35. The molecule has 0 bridgehead atoms. The van der Waals surface area contributed by atoms with E-state index in [1.165, 1.54) is 16.7 Å². The minimum atomic E-state index is 0.712. The van der Waals surface area contributed by atoms with Gasteiger partial charge in [-0.1, -0.05) is 37.3 Å². The van der Waals surface area contributed by atoms with Gasteiger partial charge >= 0.3 is 0 Å². The third-order valence-electron chi connectivity index (χ3n) is 4.83. The monoisotopic (exact) mass is 354 g/mol. The Balaban J connectivity index is 1.45. The van der Waals surface area contributed by atoms with E-state index in [2.05, 4.69) is 53.5 Å². The van der Waals surface area contributed by atoms with Crippen LogP contribution in [-0.2, 0) is 19.5 Å². The molecule has 0 amide bonds. The first kappa shape index (κ1) is 18.7. The Morgan fingerprint density at radius 2 is 1.92 bits per heavy atom. The van der Waals surface area contributed by atoms with E-state index in [0.29, 0.717) is 6.61 Å². The van der Waals surface area contributed by atoms with Gasteiger partial charge in [0.1, 0.15) is 0 Å². The van der Waals surface area contributed by atoms with E-state index in [-0.39, 0.29) is 0 Å². The van der Waals surface area contributed by atoms with Crippen LogP contribution in [0.15, 0.2) is 42.5 Å². The van der Waals surface area contributed by atoms with Crippen molar-refractivity contribution in [3.05, 3.63) is 59.2 Å². The predicted octanol–water partition coefficient (Wildman–Crippen LogP) is 3.63. The van der Waals surface area contributed by atoms with Crippen molar-refractivity contribution in [1.82, 2.24) is 10.2 Å². The number of methoxy groups -OCH3 is 1. The molecule has 26 heavy (non-hydrogen) atoms. The van der Waals surface area contributed by atoms with Crippen LogP contribution in [0.4, 0.5) is 0 Å². The van der Waals surface area contributed by atoms with Gasteiger partial charge in [-0.15, -0.1) is 0 Å². The van der Waals surface area contributed by atoms with Crippen LogP contribution in [0.1, 0.15) is 30.0 Å². The fourth-order valence-corrected chi connectivity index (χ4v) is 3.37. The number of ether oxygens (including phenoxy) is 2. The Bertz CT molecular complexity index is 702. The highest BCUT2D eigenvalue weighted by atomic mass is 16.5. The van der Waals surface area contributed by atoms with E-state index in [1.807, 2.05) is 6.07 Å². The zero-order valence-electron chi connectivity index (χ0n) is 16.0. The molecule has 0 unspecified atom stereocenters. The third kappa shape index (κ3) is 4.99. The van der Waals surface area contributed by atoms with Crippen molar-refractivity contribution in [2.24, 2.45) is 0 Å². The molecule has 3 rings (SSSR count). The summed E-state index contributed by atoms with van der Waals surface area (Å²) in [6.45, 7) is 7.94. The zero-order valence-corrected chi connectivity index (χ0v) is 16.0. The number of fused-ring (bicyclic) bond motifs is 1. The smallest absolute Gasteiger partial charge is 0.161 e. The first-order valence-electron chi connectivity index (χ1n) is 9.59. The van der Waals surface area contributed by atoms with E-state index in [0.717, 1.165) is 57.1 Å². The predicted molar refractivity (Wildman–Crippen MR) is 106 cm³/mol. The molecule has 0 radical (unpaired) electrons. The maximum absolute atomic E-state index is 5.79. The van der Waals surface area contributed by atoms with Gasteiger partial charge < -0.3 is 14.8 Å². The maximum atomic E-state index is 5.79. The third-order valence-corrected chi connectivity index (χ3v) is 4.83. The molecule has 0 aliphatic carbocycles. The van der Waals surface area contributed by atoms with E-state index < -0.39 is 0 Å². The van der Waals surface area contributed by atoms with Gasteiger partial charge in [-0.25, -0.2) is 0 Å². The standard InChI is InChI=1S/C22H30N2O2/c1-3-14-26-22-15-18(8-9-21(22)25-2)16-23-11-13-24-12-10-19-6-4-5-7-20(19)17-24/h4-9,15,23H,3,10-14,16-17H2,1-2H3. The van der Waals surface area contributed by atoms with Crippen LogP contribution >= 0.6 is 0 Å². The van der Waals surface area contributed by atoms with Crippen LogP contribution in [0.5, 0.6) is 11.5 Å². The molecule has 4 heteroatoms. The number of nitrogens with zero attached hydrogens (tertiary/aromatic N) is 1. The van der Waals surface area contributed by atoms with Crippen molar-refractivity contribution < 1.29 is 9.47 Å². The summed E-state index contributed by atoms with van der Waals surface area (Å²) in [6.07, 6.45) is 2.15. The molecule has 0 spiro atoms. The van der Waals surface area contributed by atoms with Crippen LogP contribution in [0.3, 0.4) is 0 Å². The van der Waals surface area contributed by atoms with Gasteiger partial charge in [0, 0.05) is 32.7 Å². The molecule has 1 aliphatic rings. The first-order valence-corrected chi connectivity index (χ1v) is 9.59. The van der Waals surface area contributed by atoms with Crippen LogP contribution in [0, 0.1) is 0 Å².